The summed E-state index contributed by atoms with van der Waals surface area (Å²) < 4.78 is 12.6. The minimum atomic E-state index is -1.22. The third kappa shape index (κ3) is 2.99. The molecule has 1 aromatic rings. The fraction of sp³-hybridized carbons (Fsp3) is 0.250. The lowest BCUT2D eigenvalue weighted by molar-refractivity contribution is -0.128. The normalized spacial score (nSPS) is 11.6. The van der Waals surface area contributed by atoms with Crippen LogP contribution in [0.15, 0.2) is 24.3 Å². The molecule has 1 rings (SSSR count). The first kappa shape index (κ1) is 12.1. The fourth-order valence-electron chi connectivity index (χ4n) is 1.30. The number of rotatable bonds is 4. The lowest BCUT2D eigenvalue weighted by Crippen LogP contribution is -2.21. The van der Waals surface area contributed by atoms with E-state index in [1.54, 1.807) is 6.07 Å². The van der Waals surface area contributed by atoms with E-state index in [-0.39, 0.29) is 12.2 Å². The van der Waals surface area contributed by atoms with E-state index in [0.29, 0.717) is 5.56 Å². The van der Waals surface area contributed by atoms with Crippen LogP contribution in [0.1, 0.15) is 12.5 Å². The lowest BCUT2D eigenvalue weighted by atomic mass is 9.96. The van der Waals surface area contributed by atoms with E-state index in [4.69, 9.17) is 5.26 Å². The summed E-state index contributed by atoms with van der Waals surface area (Å²) in [6.45, 7) is 1.20. The molecule has 0 N–H and O–H groups in total. The molecule has 0 radical (unpaired) electrons. The molecule has 82 valence electrons. The average Bonchev–Trinajstić information content (AvgIpc) is 2.22. The van der Waals surface area contributed by atoms with Crippen molar-refractivity contribution in [2.75, 3.05) is 0 Å². The van der Waals surface area contributed by atoms with Crippen LogP contribution in [0.3, 0.4) is 0 Å². The minimum absolute atomic E-state index is 0.0297. The third-order valence-electron chi connectivity index (χ3n) is 2.15. The van der Waals surface area contributed by atoms with Gasteiger partial charge in [-0.3, -0.25) is 9.59 Å². The van der Waals surface area contributed by atoms with Gasteiger partial charge in [0.25, 0.3) is 0 Å². The molecule has 0 aliphatic rings. The standard InChI is InChI=1S/C12H10FNO2/c1-8(15)11(7-14)12(16)6-9-2-4-10(13)5-3-9/h2-5,11H,6H2,1H3. The number of hydrogen-bond donors (Lipinski definition) is 0. The summed E-state index contributed by atoms with van der Waals surface area (Å²) in [5.74, 6) is -2.53. The van der Waals surface area contributed by atoms with E-state index in [0.717, 1.165) is 0 Å². The van der Waals surface area contributed by atoms with Crippen LogP contribution in [0.4, 0.5) is 4.39 Å². The van der Waals surface area contributed by atoms with Gasteiger partial charge >= 0.3 is 0 Å². The molecule has 0 heterocycles. The molecular weight excluding hydrogens is 209 g/mol. The Morgan fingerprint density at radius 2 is 1.94 bits per heavy atom. The molecule has 0 fully saturated rings. The minimum Gasteiger partial charge on any atom is -0.298 e. The number of benzene rings is 1. The Kier molecular flexibility index (Phi) is 3.90. The number of halogens is 1. The van der Waals surface area contributed by atoms with Crippen LogP contribution in [0, 0.1) is 23.1 Å². The van der Waals surface area contributed by atoms with Gasteiger partial charge in [-0.25, -0.2) is 4.39 Å². The van der Waals surface area contributed by atoms with Crippen LogP contribution in [0.25, 0.3) is 0 Å². The second-order valence-electron chi connectivity index (χ2n) is 3.44. The Labute approximate surface area is 92.5 Å². The first-order valence-corrected chi connectivity index (χ1v) is 4.72. The molecule has 1 atom stereocenters. The number of nitriles is 1. The lowest BCUT2D eigenvalue weighted by Gasteiger charge is -2.04. The predicted molar refractivity (Wildman–Crippen MR) is 54.9 cm³/mol. The van der Waals surface area contributed by atoms with E-state index in [1.807, 2.05) is 0 Å². The molecule has 3 nitrogen and oxygen atoms in total. The van der Waals surface area contributed by atoms with E-state index in [2.05, 4.69) is 0 Å². The third-order valence-corrected chi connectivity index (χ3v) is 2.15. The van der Waals surface area contributed by atoms with Gasteiger partial charge in [-0.05, 0) is 24.6 Å². The van der Waals surface area contributed by atoms with E-state index in [1.165, 1.54) is 31.2 Å². The summed E-state index contributed by atoms with van der Waals surface area (Å²) in [4.78, 5) is 22.5. The SMILES string of the molecule is CC(=O)C(C#N)C(=O)Cc1ccc(F)cc1. The van der Waals surface area contributed by atoms with Gasteiger partial charge in [0.2, 0.25) is 0 Å². The zero-order valence-electron chi connectivity index (χ0n) is 8.74. The molecular formula is C12H10FNO2. The number of hydrogen-bond acceptors (Lipinski definition) is 3. The monoisotopic (exact) mass is 219 g/mol. The van der Waals surface area contributed by atoms with Gasteiger partial charge < -0.3 is 0 Å². The second kappa shape index (κ2) is 5.17. The van der Waals surface area contributed by atoms with Crippen LogP contribution in [-0.2, 0) is 16.0 Å². The van der Waals surface area contributed by atoms with Crippen molar-refractivity contribution in [3.63, 3.8) is 0 Å². The van der Waals surface area contributed by atoms with Gasteiger partial charge in [0.1, 0.15) is 5.82 Å². The Morgan fingerprint density at radius 1 is 1.38 bits per heavy atom. The topological polar surface area (TPSA) is 57.9 Å². The van der Waals surface area contributed by atoms with E-state index >= 15 is 0 Å². The molecule has 4 heteroatoms. The Bertz CT molecular complexity index is 445. The van der Waals surface area contributed by atoms with Crippen LogP contribution in [-0.4, -0.2) is 11.6 Å². The van der Waals surface area contributed by atoms with Crippen molar-refractivity contribution >= 4 is 11.6 Å². The summed E-state index contributed by atoms with van der Waals surface area (Å²) in [6, 6.07) is 7.05. The summed E-state index contributed by atoms with van der Waals surface area (Å²) in [6.07, 6.45) is -0.0297. The second-order valence-corrected chi connectivity index (χ2v) is 3.44. The number of carbonyl (C=O) groups is 2. The largest absolute Gasteiger partial charge is 0.298 e. The molecule has 0 amide bonds. The Hall–Kier alpha value is -2.02. The highest BCUT2D eigenvalue weighted by Crippen LogP contribution is 2.08. The molecule has 16 heavy (non-hydrogen) atoms. The zero-order valence-corrected chi connectivity index (χ0v) is 8.74. The Balaban J connectivity index is 2.75. The van der Waals surface area contributed by atoms with Crippen LogP contribution in [0.5, 0.6) is 0 Å². The van der Waals surface area contributed by atoms with Gasteiger partial charge in [0.15, 0.2) is 17.5 Å². The number of Topliss-reactive ketones (excluding diaryl/α,β-unsaturated/α-hetero) is 2. The van der Waals surface area contributed by atoms with Crippen molar-refractivity contribution in [1.29, 1.82) is 5.26 Å². The summed E-state index contributed by atoms with van der Waals surface area (Å²) in [5, 5.41) is 8.64. The van der Waals surface area contributed by atoms with Crippen LogP contribution >= 0.6 is 0 Å². The molecule has 0 bridgehead atoms. The molecule has 0 aliphatic carbocycles. The van der Waals surface area contributed by atoms with Gasteiger partial charge in [-0.2, -0.15) is 5.26 Å². The number of nitrogens with zero attached hydrogens (tertiary/aromatic N) is 1. The maximum absolute atomic E-state index is 12.6. The summed E-state index contributed by atoms with van der Waals surface area (Å²) >= 11 is 0. The number of carbonyl (C=O) groups excluding carboxylic acids is 2. The molecule has 1 unspecified atom stereocenters. The molecule has 1 aromatic carbocycles. The summed E-state index contributed by atoms with van der Waals surface area (Å²) in [5.41, 5.74) is 0.591. The first-order valence-electron chi connectivity index (χ1n) is 4.72. The van der Waals surface area contributed by atoms with Crippen molar-refractivity contribution in [3.05, 3.63) is 35.6 Å². The highest BCUT2D eigenvalue weighted by Gasteiger charge is 2.22. The first-order chi connectivity index (χ1) is 7.54. The van der Waals surface area contributed by atoms with Gasteiger partial charge in [0, 0.05) is 6.42 Å². The molecule has 0 aromatic heterocycles. The molecule has 0 aliphatic heterocycles. The van der Waals surface area contributed by atoms with Crippen molar-refractivity contribution in [3.8, 4) is 6.07 Å². The maximum Gasteiger partial charge on any atom is 0.163 e. The van der Waals surface area contributed by atoms with Crippen molar-refractivity contribution in [1.82, 2.24) is 0 Å². The fourth-order valence-corrected chi connectivity index (χ4v) is 1.30. The smallest absolute Gasteiger partial charge is 0.163 e. The Morgan fingerprint density at radius 3 is 2.38 bits per heavy atom. The zero-order chi connectivity index (χ0) is 12.1. The van der Waals surface area contributed by atoms with Crippen molar-refractivity contribution in [2.24, 2.45) is 5.92 Å². The highest BCUT2D eigenvalue weighted by atomic mass is 19.1. The van der Waals surface area contributed by atoms with Crippen LogP contribution < -0.4 is 0 Å². The van der Waals surface area contributed by atoms with Crippen molar-refractivity contribution < 1.29 is 14.0 Å². The molecule has 0 saturated carbocycles. The van der Waals surface area contributed by atoms with Crippen LogP contribution in [0.2, 0.25) is 0 Å². The van der Waals surface area contributed by atoms with Gasteiger partial charge in [-0.15, -0.1) is 0 Å². The maximum atomic E-state index is 12.6. The van der Waals surface area contributed by atoms with Crippen molar-refractivity contribution in [2.45, 2.75) is 13.3 Å². The quantitative estimate of drug-likeness (QED) is 0.723. The van der Waals surface area contributed by atoms with Gasteiger partial charge in [-0.1, -0.05) is 12.1 Å². The number of ketones is 2. The predicted octanol–water partition coefficient (Wildman–Crippen LogP) is 1.67. The molecule has 0 spiro atoms. The molecule has 0 saturated heterocycles. The van der Waals surface area contributed by atoms with E-state index in [9.17, 15) is 14.0 Å². The van der Waals surface area contributed by atoms with Gasteiger partial charge in [0.05, 0.1) is 6.07 Å². The highest BCUT2D eigenvalue weighted by molar-refractivity contribution is 6.04. The van der Waals surface area contributed by atoms with E-state index < -0.39 is 17.5 Å². The summed E-state index contributed by atoms with van der Waals surface area (Å²) in [7, 11) is 0. The average molecular weight is 219 g/mol.